The van der Waals surface area contributed by atoms with Gasteiger partial charge in [-0.05, 0) is 13.3 Å². The van der Waals surface area contributed by atoms with Crippen molar-refractivity contribution in [3.8, 4) is 12.0 Å². The topological polar surface area (TPSA) is 104 Å². The highest BCUT2D eigenvalue weighted by Gasteiger charge is 2.17. The standard InChI is InChI=1S/C10H17N5O3/c1-2-17-9-12-8(15-11)13-10(14-9)18-6-7-3-4-16-5-7/h7H,2-6,11H2,1H3,(H,12,13,14,15). The van der Waals surface area contributed by atoms with E-state index in [2.05, 4.69) is 20.4 Å². The highest BCUT2D eigenvalue weighted by Crippen LogP contribution is 2.16. The van der Waals surface area contributed by atoms with Crippen molar-refractivity contribution in [2.75, 3.05) is 31.9 Å². The molecule has 1 aliphatic heterocycles. The fourth-order valence-electron chi connectivity index (χ4n) is 1.57. The quantitative estimate of drug-likeness (QED) is 0.539. The third-order valence-corrected chi connectivity index (χ3v) is 2.47. The molecule has 0 aliphatic carbocycles. The molecule has 1 aromatic rings. The van der Waals surface area contributed by atoms with Gasteiger partial charge in [-0.25, -0.2) is 5.84 Å². The van der Waals surface area contributed by atoms with Gasteiger partial charge in [0, 0.05) is 12.5 Å². The molecule has 1 aliphatic rings. The monoisotopic (exact) mass is 255 g/mol. The van der Waals surface area contributed by atoms with Crippen molar-refractivity contribution in [3.63, 3.8) is 0 Å². The maximum atomic E-state index is 5.50. The third-order valence-electron chi connectivity index (χ3n) is 2.47. The van der Waals surface area contributed by atoms with E-state index in [0.717, 1.165) is 13.0 Å². The maximum absolute atomic E-state index is 5.50. The number of aromatic nitrogens is 3. The minimum atomic E-state index is 0.193. The van der Waals surface area contributed by atoms with E-state index in [4.69, 9.17) is 20.1 Å². The van der Waals surface area contributed by atoms with E-state index in [1.807, 2.05) is 6.92 Å². The van der Waals surface area contributed by atoms with Crippen LogP contribution in [0.3, 0.4) is 0 Å². The van der Waals surface area contributed by atoms with Crippen LogP contribution in [0.1, 0.15) is 13.3 Å². The van der Waals surface area contributed by atoms with Crippen molar-refractivity contribution in [1.82, 2.24) is 15.0 Å². The van der Waals surface area contributed by atoms with Crippen LogP contribution >= 0.6 is 0 Å². The van der Waals surface area contributed by atoms with Crippen LogP contribution in [0.4, 0.5) is 5.95 Å². The lowest BCUT2D eigenvalue weighted by molar-refractivity contribution is 0.162. The molecule has 1 atom stereocenters. The van der Waals surface area contributed by atoms with E-state index in [9.17, 15) is 0 Å². The normalized spacial score (nSPS) is 18.7. The average molecular weight is 255 g/mol. The molecule has 0 bridgehead atoms. The van der Waals surface area contributed by atoms with E-state index >= 15 is 0 Å². The van der Waals surface area contributed by atoms with Crippen LogP contribution in [0.25, 0.3) is 0 Å². The molecule has 1 saturated heterocycles. The molecule has 1 unspecified atom stereocenters. The number of nitrogen functional groups attached to an aromatic ring is 1. The summed E-state index contributed by atoms with van der Waals surface area (Å²) in [6, 6.07) is 0.395. The van der Waals surface area contributed by atoms with Gasteiger partial charge in [-0.1, -0.05) is 0 Å². The number of nitrogens with one attached hydrogen (secondary N) is 1. The van der Waals surface area contributed by atoms with Gasteiger partial charge in [0.15, 0.2) is 0 Å². The molecule has 0 amide bonds. The number of hydrogen-bond acceptors (Lipinski definition) is 8. The smallest absolute Gasteiger partial charge is 0.324 e. The van der Waals surface area contributed by atoms with Crippen molar-refractivity contribution in [3.05, 3.63) is 0 Å². The number of anilines is 1. The fraction of sp³-hybridized carbons (Fsp3) is 0.700. The molecule has 0 aromatic carbocycles. The molecule has 0 saturated carbocycles. The van der Waals surface area contributed by atoms with Crippen LogP contribution in [-0.2, 0) is 4.74 Å². The first-order valence-electron chi connectivity index (χ1n) is 5.88. The van der Waals surface area contributed by atoms with Crippen molar-refractivity contribution >= 4 is 5.95 Å². The van der Waals surface area contributed by atoms with E-state index in [0.29, 0.717) is 25.7 Å². The zero-order chi connectivity index (χ0) is 12.8. The number of hydrogen-bond donors (Lipinski definition) is 2. The Hall–Kier alpha value is -1.67. The van der Waals surface area contributed by atoms with Gasteiger partial charge in [0.25, 0.3) is 0 Å². The number of rotatable bonds is 6. The molecule has 0 radical (unpaired) electrons. The lowest BCUT2D eigenvalue weighted by Gasteiger charge is -2.10. The highest BCUT2D eigenvalue weighted by atomic mass is 16.5. The molecular weight excluding hydrogens is 238 g/mol. The Bertz CT molecular complexity index is 384. The fourth-order valence-corrected chi connectivity index (χ4v) is 1.57. The van der Waals surface area contributed by atoms with Crippen molar-refractivity contribution in [2.24, 2.45) is 11.8 Å². The predicted molar refractivity (Wildman–Crippen MR) is 63.2 cm³/mol. The Balaban J connectivity index is 1.98. The van der Waals surface area contributed by atoms with E-state index in [-0.39, 0.29) is 18.0 Å². The second-order valence-electron chi connectivity index (χ2n) is 3.84. The molecule has 8 nitrogen and oxygen atoms in total. The summed E-state index contributed by atoms with van der Waals surface area (Å²) in [6.45, 7) is 4.32. The van der Waals surface area contributed by atoms with Crippen molar-refractivity contribution < 1.29 is 14.2 Å². The van der Waals surface area contributed by atoms with Gasteiger partial charge >= 0.3 is 12.0 Å². The number of ether oxygens (including phenoxy) is 3. The van der Waals surface area contributed by atoms with Gasteiger partial charge in [-0.15, -0.1) is 4.98 Å². The van der Waals surface area contributed by atoms with E-state index < -0.39 is 0 Å². The number of hydrazine groups is 1. The van der Waals surface area contributed by atoms with Gasteiger partial charge < -0.3 is 14.2 Å². The Morgan fingerprint density at radius 3 is 2.72 bits per heavy atom. The van der Waals surface area contributed by atoms with Crippen LogP contribution in [0, 0.1) is 5.92 Å². The first-order valence-corrected chi connectivity index (χ1v) is 5.88. The Morgan fingerprint density at radius 2 is 2.11 bits per heavy atom. The van der Waals surface area contributed by atoms with Gasteiger partial charge in [-0.2, -0.15) is 9.97 Å². The van der Waals surface area contributed by atoms with Gasteiger partial charge in [0.05, 0.1) is 19.8 Å². The van der Waals surface area contributed by atoms with Crippen molar-refractivity contribution in [1.29, 1.82) is 0 Å². The molecule has 1 fully saturated rings. The largest absolute Gasteiger partial charge is 0.464 e. The average Bonchev–Trinajstić information content (AvgIpc) is 2.89. The lowest BCUT2D eigenvalue weighted by Crippen LogP contribution is -2.16. The van der Waals surface area contributed by atoms with Crippen LogP contribution in [-0.4, -0.2) is 41.4 Å². The zero-order valence-electron chi connectivity index (χ0n) is 10.3. The molecule has 1 aromatic heterocycles. The van der Waals surface area contributed by atoms with Crippen LogP contribution in [0.5, 0.6) is 12.0 Å². The molecule has 3 N–H and O–H groups in total. The van der Waals surface area contributed by atoms with Gasteiger partial charge in [0.2, 0.25) is 5.95 Å². The zero-order valence-corrected chi connectivity index (χ0v) is 10.3. The van der Waals surface area contributed by atoms with Crippen LogP contribution in [0.2, 0.25) is 0 Å². The molecule has 0 spiro atoms. The SMILES string of the molecule is CCOc1nc(NN)nc(OCC2CCOC2)n1. The molecule has 2 rings (SSSR count). The Kier molecular flexibility index (Phi) is 4.48. The summed E-state index contributed by atoms with van der Waals surface area (Å²) in [7, 11) is 0. The minimum Gasteiger partial charge on any atom is -0.464 e. The summed E-state index contributed by atoms with van der Waals surface area (Å²) in [4.78, 5) is 12.0. The van der Waals surface area contributed by atoms with E-state index in [1.54, 1.807) is 0 Å². The molecule has 100 valence electrons. The number of nitrogens with zero attached hydrogens (tertiary/aromatic N) is 3. The summed E-state index contributed by atoms with van der Waals surface area (Å²) in [5.41, 5.74) is 2.35. The Morgan fingerprint density at radius 1 is 1.33 bits per heavy atom. The second-order valence-corrected chi connectivity index (χ2v) is 3.84. The third kappa shape index (κ3) is 3.41. The predicted octanol–water partition coefficient (Wildman–Crippen LogP) is -0.0288. The Labute approximate surface area is 105 Å². The van der Waals surface area contributed by atoms with Crippen molar-refractivity contribution in [2.45, 2.75) is 13.3 Å². The summed E-state index contributed by atoms with van der Waals surface area (Å²) in [5.74, 6) is 5.86. The molecule has 18 heavy (non-hydrogen) atoms. The van der Waals surface area contributed by atoms with Gasteiger partial charge in [-0.3, -0.25) is 5.43 Å². The highest BCUT2D eigenvalue weighted by molar-refractivity contribution is 5.25. The molecule has 8 heteroatoms. The second kappa shape index (κ2) is 6.31. The van der Waals surface area contributed by atoms with E-state index in [1.165, 1.54) is 0 Å². The first kappa shape index (κ1) is 12.8. The maximum Gasteiger partial charge on any atom is 0.324 e. The number of nitrogens with two attached hydrogens (primary N) is 1. The summed E-state index contributed by atoms with van der Waals surface area (Å²) in [6.07, 6.45) is 0.991. The molecular formula is C10H17N5O3. The minimum absolute atomic E-state index is 0.193. The summed E-state index contributed by atoms with van der Waals surface area (Å²) < 4.78 is 16.0. The van der Waals surface area contributed by atoms with Crippen LogP contribution < -0.4 is 20.7 Å². The molecule has 2 heterocycles. The lowest BCUT2D eigenvalue weighted by atomic mass is 10.1. The van der Waals surface area contributed by atoms with Crippen LogP contribution in [0.15, 0.2) is 0 Å². The summed E-state index contributed by atoms with van der Waals surface area (Å²) in [5, 5.41) is 0. The summed E-state index contributed by atoms with van der Waals surface area (Å²) >= 11 is 0. The first-order chi connectivity index (χ1) is 8.81. The van der Waals surface area contributed by atoms with Gasteiger partial charge in [0.1, 0.15) is 0 Å².